The second-order valence-electron chi connectivity index (χ2n) is 6.69. The molecule has 6 heteroatoms. The molecule has 5 atom stereocenters. The van der Waals surface area contributed by atoms with E-state index in [4.69, 9.17) is 4.74 Å². The fraction of sp³-hybridized carbons (Fsp3) is 0.409. The molecule has 0 bridgehead atoms. The van der Waals surface area contributed by atoms with Crippen LogP contribution in [0.5, 0.6) is 5.75 Å². The monoisotopic (exact) mass is 388 g/mol. The molecule has 152 valence electrons. The number of carbonyl (C=O) groups is 1. The Hall–Kier alpha value is -2.41. The second kappa shape index (κ2) is 11.4. The van der Waals surface area contributed by atoms with Crippen LogP contribution in [0.15, 0.2) is 66.8 Å². The molecule has 0 aliphatic heterocycles. The van der Waals surface area contributed by atoms with Crippen LogP contribution in [0.25, 0.3) is 0 Å². The van der Waals surface area contributed by atoms with Gasteiger partial charge in [-0.3, -0.25) is 4.79 Å². The molecule has 1 saturated carbocycles. The molecule has 28 heavy (non-hydrogen) atoms. The molecule has 1 aromatic carbocycles. The van der Waals surface area contributed by atoms with E-state index in [9.17, 15) is 20.1 Å². The highest BCUT2D eigenvalue weighted by molar-refractivity contribution is 5.70. The molecule has 2 rings (SSSR count). The van der Waals surface area contributed by atoms with Crippen molar-refractivity contribution in [2.75, 3.05) is 7.11 Å². The maximum Gasteiger partial charge on any atom is 0.309 e. The van der Waals surface area contributed by atoms with E-state index in [1.807, 2.05) is 24.3 Å². The van der Waals surface area contributed by atoms with Crippen LogP contribution in [0.3, 0.4) is 0 Å². The van der Waals surface area contributed by atoms with Crippen molar-refractivity contribution < 1.29 is 29.6 Å². The Morgan fingerprint density at radius 2 is 1.89 bits per heavy atom. The molecule has 0 spiro atoms. The third-order valence-electron chi connectivity index (χ3n) is 4.72. The van der Waals surface area contributed by atoms with E-state index < -0.39 is 18.5 Å². The van der Waals surface area contributed by atoms with E-state index in [-0.39, 0.29) is 24.2 Å². The van der Waals surface area contributed by atoms with Gasteiger partial charge in [0.25, 0.3) is 0 Å². The summed E-state index contributed by atoms with van der Waals surface area (Å²) < 4.78 is 9.94. The first-order chi connectivity index (χ1) is 13.5. The zero-order chi connectivity index (χ0) is 20.4. The summed E-state index contributed by atoms with van der Waals surface area (Å²) in [4.78, 5) is 11.0. The molecule has 6 nitrogen and oxygen atoms in total. The van der Waals surface area contributed by atoms with Gasteiger partial charge in [0.2, 0.25) is 6.29 Å². The molecule has 0 heterocycles. The predicted octanol–water partition coefficient (Wildman–Crippen LogP) is 2.36. The summed E-state index contributed by atoms with van der Waals surface area (Å²) in [5, 5.41) is 30.5. The molecule has 0 radical (unpaired) electrons. The van der Waals surface area contributed by atoms with Crippen LogP contribution >= 0.6 is 0 Å². The molecule has 0 unspecified atom stereocenters. The fourth-order valence-electron chi connectivity index (χ4n) is 3.25. The second-order valence-corrected chi connectivity index (χ2v) is 6.69. The SMILES string of the molecule is COC(=O)C/C=C\C=C/C[C@@H]1[C@@H](/C=C/[C@@H](O)Oc2ccccc2)[C@H](O)C[C@@H]1O. The van der Waals surface area contributed by atoms with Crippen molar-refractivity contribution in [2.45, 2.75) is 37.8 Å². The number of esters is 1. The van der Waals surface area contributed by atoms with Crippen LogP contribution in [-0.2, 0) is 9.53 Å². The lowest BCUT2D eigenvalue weighted by atomic mass is 9.90. The van der Waals surface area contributed by atoms with Gasteiger partial charge in [-0.15, -0.1) is 0 Å². The normalized spacial score (nSPS) is 26.3. The van der Waals surface area contributed by atoms with Crippen molar-refractivity contribution in [3.63, 3.8) is 0 Å². The van der Waals surface area contributed by atoms with E-state index in [0.29, 0.717) is 18.6 Å². The summed E-state index contributed by atoms with van der Waals surface area (Å²) in [5.74, 6) is -0.210. The lowest BCUT2D eigenvalue weighted by molar-refractivity contribution is -0.139. The number of methoxy groups -OCH3 is 1. The topological polar surface area (TPSA) is 96.2 Å². The zero-order valence-electron chi connectivity index (χ0n) is 15.9. The van der Waals surface area contributed by atoms with Gasteiger partial charge in [-0.2, -0.15) is 0 Å². The smallest absolute Gasteiger partial charge is 0.309 e. The Morgan fingerprint density at radius 3 is 2.61 bits per heavy atom. The Kier molecular flexibility index (Phi) is 8.94. The van der Waals surface area contributed by atoms with Crippen LogP contribution in [0.4, 0.5) is 0 Å². The van der Waals surface area contributed by atoms with Gasteiger partial charge in [-0.25, -0.2) is 0 Å². The van der Waals surface area contributed by atoms with Crippen LogP contribution in [0, 0.1) is 11.8 Å². The number of benzene rings is 1. The van der Waals surface area contributed by atoms with Crippen molar-refractivity contribution in [3.05, 3.63) is 66.8 Å². The predicted molar refractivity (Wildman–Crippen MR) is 105 cm³/mol. The number of para-hydroxylation sites is 1. The highest BCUT2D eigenvalue weighted by atomic mass is 16.6. The largest absolute Gasteiger partial charge is 0.469 e. The molecule has 1 aliphatic carbocycles. The quantitative estimate of drug-likeness (QED) is 0.260. The van der Waals surface area contributed by atoms with Gasteiger partial charge < -0.3 is 24.8 Å². The highest BCUT2D eigenvalue weighted by Gasteiger charge is 2.39. The Morgan fingerprint density at radius 1 is 1.18 bits per heavy atom. The standard InChI is InChI=1S/C22H28O6/c1-27-21(25)12-8-3-2-7-11-17-18(20(24)15-19(17)23)13-14-22(26)28-16-9-5-4-6-10-16/h2-10,13-14,17-20,22-24,26H,11-12,15H2,1H3/b7-2-,8-3-,14-13+/t17-,18-,19+,20-,22+/m1/s1. The van der Waals surface area contributed by atoms with E-state index in [1.165, 1.54) is 13.2 Å². The van der Waals surface area contributed by atoms with Gasteiger partial charge in [0.1, 0.15) is 5.75 Å². The average Bonchev–Trinajstić information content (AvgIpc) is 2.96. The zero-order valence-corrected chi connectivity index (χ0v) is 15.9. The lowest BCUT2D eigenvalue weighted by Gasteiger charge is -2.19. The van der Waals surface area contributed by atoms with Crippen LogP contribution in [0.1, 0.15) is 19.3 Å². The van der Waals surface area contributed by atoms with Crippen molar-refractivity contribution in [1.82, 2.24) is 0 Å². The molecule has 1 fully saturated rings. The molecule has 0 saturated heterocycles. The Balaban J connectivity index is 1.89. The van der Waals surface area contributed by atoms with Gasteiger partial charge in [0, 0.05) is 12.3 Å². The number of allylic oxidation sites excluding steroid dienone is 3. The van der Waals surface area contributed by atoms with E-state index >= 15 is 0 Å². The van der Waals surface area contributed by atoms with Gasteiger partial charge in [0.05, 0.1) is 25.7 Å². The van der Waals surface area contributed by atoms with Gasteiger partial charge >= 0.3 is 5.97 Å². The fourth-order valence-corrected chi connectivity index (χ4v) is 3.25. The number of aliphatic hydroxyl groups excluding tert-OH is 3. The van der Waals surface area contributed by atoms with E-state index in [0.717, 1.165) is 0 Å². The van der Waals surface area contributed by atoms with Crippen molar-refractivity contribution in [3.8, 4) is 5.75 Å². The maximum absolute atomic E-state index is 11.0. The van der Waals surface area contributed by atoms with Gasteiger partial charge in [-0.1, -0.05) is 48.6 Å². The third kappa shape index (κ3) is 6.96. The first-order valence-electron chi connectivity index (χ1n) is 9.34. The number of hydrogen-bond donors (Lipinski definition) is 3. The molecular weight excluding hydrogens is 360 g/mol. The molecule has 0 amide bonds. The van der Waals surface area contributed by atoms with Crippen molar-refractivity contribution in [1.29, 1.82) is 0 Å². The van der Waals surface area contributed by atoms with Gasteiger partial charge in [0.15, 0.2) is 0 Å². The molecule has 0 aromatic heterocycles. The summed E-state index contributed by atoms with van der Waals surface area (Å²) >= 11 is 0. The number of ether oxygens (including phenoxy) is 2. The van der Waals surface area contributed by atoms with Crippen molar-refractivity contribution >= 4 is 5.97 Å². The molecule has 1 aliphatic rings. The maximum atomic E-state index is 11.0. The number of carbonyl (C=O) groups excluding carboxylic acids is 1. The van der Waals surface area contributed by atoms with Gasteiger partial charge in [-0.05, 0) is 30.5 Å². The summed E-state index contributed by atoms with van der Waals surface area (Å²) in [6.07, 6.45) is 8.95. The first-order valence-corrected chi connectivity index (χ1v) is 9.34. The molecular formula is C22H28O6. The minimum Gasteiger partial charge on any atom is -0.469 e. The van der Waals surface area contributed by atoms with Crippen LogP contribution in [-0.4, -0.2) is 46.9 Å². The summed E-state index contributed by atoms with van der Waals surface area (Å²) in [7, 11) is 1.34. The Labute approximate surface area is 165 Å². The van der Waals surface area contributed by atoms with Crippen LogP contribution < -0.4 is 4.74 Å². The Bertz CT molecular complexity index is 682. The van der Waals surface area contributed by atoms with E-state index in [2.05, 4.69) is 4.74 Å². The van der Waals surface area contributed by atoms with E-state index in [1.54, 1.807) is 36.4 Å². The highest BCUT2D eigenvalue weighted by Crippen LogP contribution is 2.36. The van der Waals surface area contributed by atoms with Crippen molar-refractivity contribution in [2.24, 2.45) is 11.8 Å². The minimum atomic E-state index is -1.13. The number of hydrogen-bond acceptors (Lipinski definition) is 6. The summed E-state index contributed by atoms with van der Waals surface area (Å²) in [6.45, 7) is 0. The minimum absolute atomic E-state index is 0.166. The number of aliphatic hydroxyl groups is 3. The molecule has 3 N–H and O–H groups in total. The summed E-state index contributed by atoms with van der Waals surface area (Å²) in [6, 6.07) is 8.96. The first kappa shape index (κ1) is 21.9. The summed E-state index contributed by atoms with van der Waals surface area (Å²) in [5.41, 5.74) is 0. The number of rotatable bonds is 9. The third-order valence-corrected chi connectivity index (χ3v) is 4.72. The lowest BCUT2D eigenvalue weighted by Crippen LogP contribution is -2.21. The van der Waals surface area contributed by atoms with Crippen LogP contribution in [0.2, 0.25) is 0 Å². The molecule has 1 aromatic rings. The average molecular weight is 388 g/mol.